The van der Waals surface area contributed by atoms with Crippen LogP contribution in [0.3, 0.4) is 0 Å². The maximum absolute atomic E-state index is 13.6. The first-order chi connectivity index (χ1) is 14.2. The van der Waals surface area contributed by atoms with Gasteiger partial charge in [0.2, 0.25) is 0 Å². The standard InChI is InChI=1S/C23H26FNO5/c1-23(2,3)30-22(28)25-18(14-26)10-13-21(27)16-8-11-19(12-9-16)29-15-17-6-4-5-7-20(17)24/h4-9,11-12,14,18H,10,13,15H2,1-3H3,(H,25,28)/t18-/m0/s1. The van der Waals surface area contributed by atoms with Crippen molar-refractivity contribution in [2.75, 3.05) is 0 Å². The number of Topliss-reactive ketones (excluding diaryl/α,β-unsaturated/α-hetero) is 1. The minimum absolute atomic E-state index is 0.0780. The van der Waals surface area contributed by atoms with Crippen LogP contribution in [0.25, 0.3) is 0 Å². The summed E-state index contributed by atoms with van der Waals surface area (Å²) in [5, 5.41) is 2.44. The number of hydrogen-bond acceptors (Lipinski definition) is 5. The zero-order valence-corrected chi connectivity index (χ0v) is 17.3. The molecule has 2 rings (SSSR count). The molecule has 0 heterocycles. The van der Waals surface area contributed by atoms with Crippen LogP contribution in [-0.2, 0) is 16.1 Å². The Morgan fingerprint density at radius 2 is 1.77 bits per heavy atom. The van der Waals surface area contributed by atoms with Gasteiger partial charge in [-0.1, -0.05) is 18.2 Å². The van der Waals surface area contributed by atoms with Crippen LogP contribution in [0.2, 0.25) is 0 Å². The van der Waals surface area contributed by atoms with Gasteiger partial charge in [-0.2, -0.15) is 0 Å². The molecule has 1 amide bonds. The van der Waals surface area contributed by atoms with Crippen molar-refractivity contribution in [2.24, 2.45) is 0 Å². The van der Waals surface area contributed by atoms with Gasteiger partial charge >= 0.3 is 6.09 Å². The number of hydrogen-bond donors (Lipinski definition) is 1. The number of benzene rings is 2. The van der Waals surface area contributed by atoms with Crippen LogP contribution in [0.5, 0.6) is 5.75 Å². The number of amides is 1. The topological polar surface area (TPSA) is 81.7 Å². The Kier molecular flexibility index (Phi) is 8.09. The summed E-state index contributed by atoms with van der Waals surface area (Å²) in [5.74, 6) is -0.00493. The van der Waals surface area contributed by atoms with E-state index in [1.54, 1.807) is 63.2 Å². The van der Waals surface area contributed by atoms with Gasteiger partial charge in [0, 0.05) is 17.5 Å². The molecule has 0 unspecified atom stereocenters. The fourth-order valence-electron chi connectivity index (χ4n) is 2.58. The Balaban J connectivity index is 1.84. The van der Waals surface area contributed by atoms with Gasteiger partial charge in [-0.05, 0) is 57.5 Å². The lowest BCUT2D eigenvalue weighted by atomic mass is 10.0. The zero-order chi connectivity index (χ0) is 22.1. The van der Waals surface area contributed by atoms with E-state index in [-0.39, 0.29) is 31.0 Å². The average molecular weight is 415 g/mol. The van der Waals surface area contributed by atoms with E-state index in [0.717, 1.165) is 0 Å². The lowest BCUT2D eigenvalue weighted by Gasteiger charge is -2.21. The number of carbonyl (C=O) groups excluding carboxylic acids is 3. The van der Waals surface area contributed by atoms with Crippen molar-refractivity contribution in [2.45, 2.75) is 51.9 Å². The SMILES string of the molecule is CC(C)(C)OC(=O)N[C@H](C=O)CCC(=O)c1ccc(OCc2ccccc2F)cc1. The summed E-state index contributed by atoms with van der Waals surface area (Å²) < 4.78 is 24.3. The number of alkyl carbamates (subject to hydrolysis) is 1. The quantitative estimate of drug-likeness (QED) is 0.483. The second-order valence-electron chi connectivity index (χ2n) is 7.76. The number of rotatable bonds is 9. The highest BCUT2D eigenvalue weighted by molar-refractivity contribution is 5.96. The fraction of sp³-hybridized carbons (Fsp3) is 0.348. The number of halogens is 1. The molecule has 0 fully saturated rings. The first-order valence-corrected chi connectivity index (χ1v) is 9.62. The molecule has 1 atom stereocenters. The van der Waals surface area contributed by atoms with Crippen molar-refractivity contribution in [1.82, 2.24) is 5.32 Å². The van der Waals surface area contributed by atoms with E-state index in [1.807, 2.05) is 0 Å². The molecule has 2 aromatic carbocycles. The second kappa shape index (κ2) is 10.5. The first-order valence-electron chi connectivity index (χ1n) is 9.62. The van der Waals surface area contributed by atoms with E-state index < -0.39 is 17.7 Å². The Morgan fingerprint density at radius 3 is 2.37 bits per heavy atom. The lowest BCUT2D eigenvalue weighted by Crippen LogP contribution is -2.40. The Bertz CT molecular complexity index is 874. The maximum Gasteiger partial charge on any atom is 0.408 e. The highest BCUT2D eigenvalue weighted by atomic mass is 19.1. The van der Waals surface area contributed by atoms with Gasteiger partial charge in [0.1, 0.15) is 30.1 Å². The lowest BCUT2D eigenvalue weighted by molar-refractivity contribution is -0.109. The number of aldehydes is 1. The molecular formula is C23H26FNO5. The number of ketones is 1. The summed E-state index contributed by atoms with van der Waals surface area (Å²) in [6.07, 6.45) is 0.113. The predicted octanol–water partition coefficient (Wildman–Crippen LogP) is 4.46. The molecule has 2 aromatic rings. The predicted molar refractivity (Wildman–Crippen MR) is 110 cm³/mol. The normalized spacial score (nSPS) is 12.0. The van der Waals surface area contributed by atoms with Crippen molar-refractivity contribution in [3.8, 4) is 5.75 Å². The fourth-order valence-corrected chi connectivity index (χ4v) is 2.58. The highest BCUT2D eigenvalue weighted by Gasteiger charge is 2.20. The van der Waals surface area contributed by atoms with E-state index in [4.69, 9.17) is 9.47 Å². The van der Waals surface area contributed by atoms with Crippen molar-refractivity contribution < 1.29 is 28.2 Å². The van der Waals surface area contributed by atoms with Gasteiger partial charge in [-0.15, -0.1) is 0 Å². The van der Waals surface area contributed by atoms with Crippen LogP contribution in [0.1, 0.15) is 49.5 Å². The first kappa shape index (κ1) is 23.1. The molecule has 0 aliphatic rings. The van der Waals surface area contributed by atoms with Crippen LogP contribution >= 0.6 is 0 Å². The molecule has 6 nitrogen and oxygen atoms in total. The summed E-state index contributed by atoms with van der Waals surface area (Å²) in [6.45, 7) is 5.23. The van der Waals surface area contributed by atoms with Gasteiger partial charge in [-0.3, -0.25) is 4.79 Å². The molecule has 0 radical (unpaired) electrons. The zero-order valence-electron chi connectivity index (χ0n) is 17.3. The number of ether oxygens (including phenoxy) is 2. The summed E-state index contributed by atoms with van der Waals surface area (Å²) >= 11 is 0. The number of nitrogens with one attached hydrogen (secondary N) is 1. The summed E-state index contributed by atoms with van der Waals surface area (Å²) in [5.41, 5.74) is 0.217. The van der Waals surface area contributed by atoms with Gasteiger partial charge in [-0.25, -0.2) is 9.18 Å². The third kappa shape index (κ3) is 7.66. The summed E-state index contributed by atoms with van der Waals surface area (Å²) in [6, 6.07) is 12.0. The maximum atomic E-state index is 13.6. The van der Waals surface area contributed by atoms with Crippen LogP contribution in [0.4, 0.5) is 9.18 Å². The monoisotopic (exact) mass is 415 g/mol. The molecule has 0 saturated heterocycles. The van der Waals surface area contributed by atoms with Gasteiger partial charge < -0.3 is 19.6 Å². The van der Waals surface area contributed by atoms with Crippen LogP contribution in [-0.4, -0.2) is 29.8 Å². The van der Waals surface area contributed by atoms with Crippen molar-refractivity contribution in [3.63, 3.8) is 0 Å². The van der Waals surface area contributed by atoms with Crippen LogP contribution in [0.15, 0.2) is 48.5 Å². The Labute approximate surface area is 175 Å². The number of carbonyl (C=O) groups is 3. The van der Waals surface area contributed by atoms with E-state index in [2.05, 4.69) is 5.32 Å². The molecule has 0 aliphatic carbocycles. The summed E-state index contributed by atoms with van der Waals surface area (Å²) in [7, 11) is 0. The molecule has 0 aromatic heterocycles. The molecular weight excluding hydrogens is 389 g/mol. The van der Waals surface area contributed by atoms with E-state index >= 15 is 0 Å². The molecule has 160 valence electrons. The van der Waals surface area contributed by atoms with Crippen molar-refractivity contribution >= 4 is 18.2 Å². The molecule has 1 N–H and O–H groups in total. The van der Waals surface area contributed by atoms with Crippen LogP contribution < -0.4 is 10.1 Å². The third-order valence-corrected chi connectivity index (χ3v) is 4.08. The second-order valence-corrected chi connectivity index (χ2v) is 7.76. The van der Waals surface area contributed by atoms with E-state index in [9.17, 15) is 18.8 Å². The van der Waals surface area contributed by atoms with Crippen molar-refractivity contribution in [1.29, 1.82) is 0 Å². The van der Waals surface area contributed by atoms with Gasteiger partial charge in [0.25, 0.3) is 0 Å². The average Bonchev–Trinajstić information content (AvgIpc) is 2.69. The smallest absolute Gasteiger partial charge is 0.408 e. The molecule has 0 saturated carbocycles. The van der Waals surface area contributed by atoms with E-state index in [0.29, 0.717) is 23.2 Å². The van der Waals surface area contributed by atoms with Gasteiger partial charge in [0.15, 0.2) is 5.78 Å². The molecule has 7 heteroatoms. The Hall–Kier alpha value is -3.22. The van der Waals surface area contributed by atoms with Crippen LogP contribution in [0, 0.1) is 5.82 Å². The molecule has 30 heavy (non-hydrogen) atoms. The summed E-state index contributed by atoms with van der Waals surface area (Å²) in [4.78, 5) is 35.3. The highest BCUT2D eigenvalue weighted by Crippen LogP contribution is 2.17. The minimum Gasteiger partial charge on any atom is -0.489 e. The minimum atomic E-state index is -0.813. The molecule has 0 aliphatic heterocycles. The van der Waals surface area contributed by atoms with E-state index in [1.165, 1.54) is 6.07 Å². The Morgan fingerprint density at radius 1 is 1.10 bits per heavy atom. The van der Waals surface area contributed by atoms with Crippen molar-refractivity contribution in [3.05, 3.63) is 65.5 Å². The van der Waals surface area contributed by atoms with Gasteiger partial charge in [0.05, 0.1) is 6.04 Å². The largest absolute Gasteiger partial charge is 0.489 e. The molecule has 0 bridgehead atoms. The third-order valence-electron chi connectivity index (χ3n) is 4.08. The molecule has 0 spiro atoms.